The molecule has 1 aliphatic heterocycles. The third-order valence-electron chi connectivity index (χ3n) is 2.00. The van der Waals surface area contributed by atoms with Crippen LogP contribution in [0.25, 0.3) is 0 Å². The Bertz CT molecular complexity index is 345. The van der Waals surface area contributed by atoms with E-state index < -0.39 is 0 Å². The van der Waals surface area contributed by atoms with Crippen molar-refractivity contribution >= 4 is 22.7 Å². The number of rotatable bonds is 1. The number of aliphatic imine (C=N–C) groups is 1. The molecule has 0 saturated carbocycles. The Kier molecular flexibility index (Phi) is 2.77. The Hall–Kier alpha value is -0.960. The first-order chi connectivity index (χ1) is 6.74. The van der Waals surface area contributed by atoms with Crippen LogP contribution in [-0.4, -0.2) is 17.1 Å². The molecule has 1 fully saturated rings. The van der Waals surface area contributed by atoms with Gasteiger partial charge in [0, 0.05) is 5.25 Å². The van der Waals surface area contributed by atoms with E-state index in [1.165, 1.54) is 5.56 Å². The molecule has 2 nitrogen and oxygen atoms in total. The van der Waals surface area contributed by atoms with Crippen LogP contribution >= 0.6 is 11.8 Å². The van der Waals surface area contributed by atoms with Crippen LogP contribution in [0.4, 0.5) is 5.69 Å². The largest absolute Gasteiger partial charge is 0.472 e. The molecule has 74 valence electrons. The van der Waals surface area contributed by atoms with Crippen LogP contribution in [0.3, 0.4) is 0 Å². The molecule has 1 heterocycles. The van der Waals surface area contributed by atoms with Gasteiger partial charge in [-0.3, -0.25) is 0 Å². The molecule has 2 rings (SSSR count). The van der Waals surface area contributed by atoms with E-state index in [4.69, 9.17) is 4.74 Å². The first-order valence-corrected chi connectivity index (χ1v) is 5.57. The summed E-state index contributed by atoms with van der Waals surface area (Å²) in [7, 11) is 0. The van der Waals surface area contributed by atoms with E-state index in [0.717, 1.165) is 17.5 Å². The van der Waals surface area contributed by atoms with Gasteiger partial charge in [0.2, 0.25) is 0 Å². The molecule has 14 heavy (non-hydrogen) atoms. The zero-order valence-electron chi connectivity index (χ0n) is 8.36. The van der Waals surface area contributed by atoms with Gasteiger partial charge in [-0.1, -0.05) is 29.5 Å². The van der Waals surface area contributed by atoms with Crippen molar-refractivity contribution in [1.29, 1.82) is 0 Å². The normalized spacial score (nSPS) is 23.9. The van der Waals surface area contributed by atoms with Crippen molar-refractivity contribution in [2.45, 2.75) is 19.1 Å². The lowest BCUT2D eigenvalue weighted by Crippen LogP contribution is -1.93. The monoisotopic (exact) mass is 207 g/mol. The molecule has 0 amide bonds. The van der Waals surface area contributed by atoms with Crippen LogP contribution in [-0.2, 0) is 4.74 Å². The maximum atomic E-state index is 5.41. The second kappa shape index (κ2) is 4.05. The summed E-state index contributed by atoms with van der Waals surface area (Å²) in [6.45, 7) is 4.98. The van der Waals surface area contributed by atoms with Gasteiger partial charge in [0.15, 0.2) is 0 Å². The summed E-state index contributed by atoms with van der Waals surface area (Å²) in [6.07, 6.45) is 0. The fraction of sp³-hybridized carbons (Fsp3) is 0.364. The van der Waals surface area contributed by atoms with E-state index in [-0.39, 0.29) is 0 Å². The summed E-state index contributed by atoms with van der Waals surface area (Å²) >= 11 is 1.69. The average Bonchev–Trinajstić information content (AvgIpc) is 2.56. The van der Waals surface area contributed by atoms with Gasteiger partial charge < -0.3 is 4.74 Å². The number of ether oxygens (including phenoxy) is 1. The van der Waals surface area contributed by atoms with Crippen LogP contribution in [0.2, 0.25) is 0 Å². The lowest BCUT2D eigenvalue weighted by atomic mass is 10.2. The van der Waals surface area contributed by atoms with E-state index in [1.54, 1.807) is 11.8 Å². The number of hydrogen-bond donors (Lipinski definition) is 0. The predicted octanol–water partition coefficient (Wildman–Crippen LogP) is 3.13. The SMILES string of the molecule is Cc1ccc(N=C2OC[C@H](C)S2)cc1. The summed E-state index contributed by atoms with van der Waals surface area (Å²) < 4.78 is 5.41. The minimum atomic E-state index is 0.527. The predicted molar refractivity (Wildman–Crippen MR) is 61.3 cm³/mol. The van der Waals surface area contributed by atoms with Crippen LogP contribution in [0.1, 0.15) is 12.5 Å². The Morgan fingerprint density at radius 3 is 2.64 bits per heavy atom. The van der Waals surface area contributed by atoms with Crippen molar-refractivity contribution in [3.05, 3.63) is 29.8 Å². The lowest BCUT2D eigenvalue weighted by Gasteiger charge is -1.97. The summed E-state index contributed by atoms with van der Waals surface area (Å²) in [5.41, 5.74) is 2.22. The van der Waals surface area contributed by atoms with Crippen molar-refractivity contribution in [1.82, 2.24) is 0 Å². The molecule has 0 N–H and O–H groups in total. The maximum absolute atomic E-state index is 5.41. The molecule has 3 heteroatoms. The van der Waals surface area contributed by atoms with E-state index in [2.05, 4.69) is 31.0 Å². The number of hydrogen-bond acceptors (Lipinski definition) is 3. The molecular weight excluding hydrogens is 194 g/mol. The number of thioether (sulfide) groups is 1. The zero-order chi connectivity index (χ0) is 9.97. The van der Waals surface area contributed by atoms with Crippen LogP contribution < -0.4 is 0 Å². The van der Waals surface area contributed by atoms with Crippen molar-refractivity contribution in [3.63, 3.8) is 0 Å². The van der Waals surface area contributed by atoms with Crippen molar-refractivity contribution in [2.24, 2.45) is 4.99 Å². The summed E-state index contributed by atoms with van der Waals surface area (Å²) in [5, 5.41) is 1.32. The first kappa shape index (κ1) is 9.59. The highest BCUT2D eigenvalue weighted by Gasteiger charge is 2.18. The minimum Gasteiger partial charge on any atom is -0.472 e. The van der Waals surface area contributed by atoms with E-state index in [1.807, 2.05) is 12.1 Å². The average molecular weight is 207 g/mol. The van der Waals surface area contributed by atoms with E-state index in [0.29, 0.717) is 5.25 Å². The Balaban J connectivity index is 2.13. The van der Waals surface area contributed by atoms with Gasteiger partial charge >= 0.3 is 0 Å². The highest BCUT2D eigenvalue weighted by atomic mass is 32.2. The molecule has 0 radical (unpaired) electrons. The second-order valence-electron chi connectivity index (χ2n) is 3.45. The third-order valence-corrected chi connectivity index (χ3v) is 2.95. The van der Waals surface area contributed by atoms with Gasteiger partial charge in [-0.2, -0.15) is 0 Å². The summed E-state index contributed by atoms with van der Waals surface area (Å²) in [5.74, 6) is 0. The van der Waals surface area contributed by atoms with Gasteiger partial charge in [0.25, 0.3) is 5.23 Å². The quantitative estimate of drug-likeness (QED) is 0.705. The molecule has 0 bridgehead atoms. The first-order valence-electron chi connectivity index (χ1n) is 4.69. The summed E-state index contributed by atoms with van der Waals surface area (Å²) in [4.78, 5) is 4.41. The number of benzene rings is 1. The van der Waals surface area contributed by atoms with E-state index in [9.17, 15) is 0 Å². The summed E-state index contributed by atoms with van der Waals surface area (Å²) in [6, 6.07) is 8.13. The molecule has 1 atom stereocenters. The van der Waals surface area contributed by atoms with Crippen LogP contribution in [0, 0.1) is 6.92 Å². The molecule has 0 spiro atoms. The van der Waals surface area contributed by atoms with Crippen molar-refractivity contribution < 1.29 is 4.74 Å². The Morgan fingerprint density at radius 1 is 1.36 bits per heavy atom. The van der Waals surface area contributed by atoms with Crippen molar-refractivity contribution in [2.75, 3.05) is 6.61 Å². The minimum absolute atomic E-state index is 0.527. The fourth-order valence-corrected chi connectivity index (χ4v) is 1.99. The van der Waals surface area contributed by atoms with E-state index >= 15 is 0 Å². The van der Waals surface area contributed by atoms with Gasteiger partial charge in [0.05, 0.1) is 5.69 Å². The standard InChI is InChI=1S/C11H13NOS/c1-8-3-5-10(6-4-8)12-11-13-7-9(2)14-11/h3-6,9H,7H2,1-2H3/t9-/m0/s1. The molecular formula is C11H13NOS. The lowest BCUT2D eigenvalue weighted by molar-refractivity contribution is 0.333. The van der Waals surface area contributed by atoms with Crippen LogP contribution in [0.5, 0.6) is 0 Å². The topological polar surface area (TPSA) is 21.6 Å². The molecule has 1 saturated heterocycles. The van der Waals surface area contributed by atoms with Gasteiger partial charge in [-0.25, -0.2) is 4.99 Å². The highest BCUT2D eigenvalue weighted by Crippen LogP contribution is 2.25. The third kappa shape index (κ3) is 2.29. The number of nitrogens with zero attached hydrogens (tertiary/aromatic N) is 1. The zero-order valence-corrected chi connectivity index (χ0v) is 9.17. The van der Waals surface area contributed by atoms with Crippen LogP contribution in [0.15, 0.2) is 29.3 Å². The molecule has 0 aliphatic carbocycles. The highest BCUT2D eigenvalue weighted by molar-refractivity contribution is 8.14. The van der Waals surface area contributed by atoms with Gasteiger partial charge in [-0.05, 0) is 26.0 Å². The maximum Gasteiger partial charge on any atom is 0.251 e. The molecule has 1 aromatic rings. The van der Waals surface area contributed by atoms with Gasteiger partial charge in [-0.15, -0.1) is 0 Å². The number of aryl methyl sites for hydroxylation is 1. The molecule has 0 unspecified atom stereocenters. The Morgan fingerprint density at radius 2 is 2.07 bits per heavy atom. The fourth-order valence-electron chi connectivity index (χ4n) is 1.21. The van der Waals surface area contributed by atoms with Gasteiger partial charge in [0.1, 0.15) is 6.61 Å². The molecule has 1 aromatic carbocycles. The second-order valence-corrected chi connectivity index (χ2v) is 4.84. The molecule has 1 aliphatic rings. The smallest absolute Gasteiger partial charge is 0.251 e. The van der Waals surface area contributed by atoms with Crippen molar-refractivity contribution in [3.8, 4) is 0 Å². The molecule has 0 aromatic heterocycles. The Labute approximate surface area is 88.4 Å².